The molecular formula is C20H25ClN3O4+. The van der Waals surface area contributed by atoms with Crippen LogP contribution in [0.4, 0.5) is 5.69 Å². The highest BCUT2D eigenvalue weighted by Gasteiger charge is 2.30. The van der Waals surface area contributed by atoms with Crippen molar-refractivity contribution in [3.63, 3.8) is 0 Å². The van der Waals surface area contributed by atoms with Crippen LogP contribution in [0.3, 0.4) is 0 Å². The van der Waals surface area contributed by atoms with E-state index in [9.17, 15) is 14.4 Å². The summed E-state index contributed by atoms with van der Waals surface area (Å²) in [6.45, 7) is 5.29. The fraction of sp³-hybridized carbons (Fsp3) is 0.350. The van der Waals surface area contributed by atoms with Gasteiger partial charge in [-0.05, 0) is 50.6 Å². The number of aromatic nitrogens is 1. The van der Waals surface area contributed by atoms with Gasteiger partial charge in [0.1, 0.15) is 0 Å². The SMILES string of the molecule is COC(=O)c1c(C)[nH]c(C(=O)[C@@H](C)[NH+](C)CC(=O)Nc2ccc(Cl)cc2)c1C. The molecule has 0 fully saturated rings. The van der Waals surface area contributed by atoms with Gasteiger partial charge in [0, 0.05) is 16.4 Å². The number of methoxy groups -OCH3 is 1. The molecule has 28 heavy (non-hydrogen) atoms. The van der Waals surface area contributed by atoms with Gasteiger partial charge in [0.25, 0.3) is 5.91 Å². The lowest BCUT2D eigenvalue weighted by molar-refractivity contribution is -0.885. The average molecular weight is 407 g/mol. The monoisotopic (exact) mass is 406 g/mol. The van der Waals surface area contributed by atoms with E-state index in [0.717, 1.165) is 4.90 Å². The normalized spacial score (nSPS) is 12.9. The number of aryl methyl sites for hydroxylation is 1. The molecule has 0 radical (unpaired) electrons. The number of quaternary nitrogens is 1. The average Bonchev–Trinajstić information content (AvgIpc) is 2.95. The number of benzene rings is 1. The van der Waals surface area contributed by atoms with Crippen LogP contribution in [0.2, 0.25) is 5.02 Å². The molecule has 0 aliphatic heterocycles. The molecule has 1 heterocycles. The number of anilines is 1. The number of carbonyl (C=O) groups excluding carboxylic acids is 3. The van der Waals surface area contributed by atoms with Crippen LogP contribution in [0.15, 0.2) is 24.3 Å². The molecule has 8 heteroatoms. The van der Waals surface area contributed by atoms with E-state index in [2.05, 4.69) is 10.3 Å². The number of aromatic amines is 1. The fourth-order valence-corrected chi connectivity index (χ4v) is 3.12. The summed E-state index contributed by atoms with van der Waals surface area (Å²) in [5.74, 6) is -0.873. The van der Waals surface area contributed by atoms with Gasteiger partial charge in [0.05, 0.1) is 25.4 Å². The molecule has 0 saturated heterocycles. The van der Waals surface area contributed by atoms with E-state index in [4.69, 9.17) is 16.3 Å². The molecule has 0 spiro atoms. The summed E-state index contributed by atoms with van der Waals surface area (Å²) in [6, 6.07) is 6.32. The Kier molecular flexibility index (Phi) is 6.99. The first-order valence-electron chi connectivity index (χ1n) is 8.85. The number of esters is 1. The Labute approximate surface area is 169 Å². The number of Topliss-reactive ketones (excluding diaryl/α,β-unsaturated/α-hetero) is 1. The standard InChI is InChI=1S/C20H24ClN3O4/c1-11-17(20(27)28-5)12(2)22-18(11)19(26)13(3)24(4)10-16(25)23-15-8-6-14(21)7-9-15/h6-9,13,22H,10H2,1-5H3,(H,23,25)/p+1/t13-/m1/s1. The Morgan fingerprint density at radius 2 is 1.82 bits per heavy atom. The third-order valence-electron chi connectivity index (χ3n) is 4.77. The first-order valence-corrected chi connectivity index (χ1v) is 9.22. The van der Waals surface area contributed by atoms with E-state index < -0.39 is 12.0 Å². The maximum Gasteiger partial charge on any atom is 0.339 e. The summed E-state index contributed by atoms with van der Waals surface area (Å²) < 4.78 is 4.78. The van der Waals surface area contributed by atoms with Gasteiger partial charge in [-0.3, -0.25) is 9.59 Å². The summed E-state index contributed by atoms with van der Waals surface area (Å²) in [6.07, 6.45) is 0. The predicted octanol–water partition coefficient (Wildman–Crippen LogP) is 1.80. The van der Waals surface area contributed by atoms with Crippen LogP contribution in [-0.2, 0) is 9.53 Å². The molecule has 0 bridgehead atoms. The minimum Gasteiger partial charge on any atom is -0.465 e. The summed E-state index contributed by atoms with van der Waals surface area (Å²) in [7, 11) is 3.08. The van der Waals surface area contributed by atoms with Crippen molar-refractivity contribution in [2.75, 3.05) is 26.0 Å². The second kappa shape index (κ2) is 9.03. The number of likely N-dealkylation sites (N-methyl/N-ethyl adjacent to an activating group) is 1. The van der Waals surface area contributed by atoms with Gasteiger partial charge in [-0.2, -0.15) is 0 Å². The lowest BCUT2D eigenvalue weighted by Crippen LogP contribution is -3.14. The number of ketones is 1. The van der Waals surface area contributed by atoms with Crippen LogP contribution >= 0.6 is 11.6 Å². The molecule has 1 aromatic heterocycles. The van der Waals surface area contributed by atoms with Crippen molar-refractivity contribution in [2.45, 2.75) is 26.8 Å². The largest absolute Gasteiger partial charge is 0.465 e. The number of ether oxygens (including phenoxy) is 1. The van der Waals surface area contributed by atoms with Crippen molar-refractivity contribution in [1.29, 1.82) is 0 Å². The number of halogens is 1. The number of rotatable bonds is 7. The second-order valence-corrected chi connectivity index (χ2v) is 7.22. The number of nitrogens with one attached hydrogen (secondary N) is 3. The number of carbonyl (C=O) groups is 3. The molecule has 1 aromatic carbocycles. The van der Waals surface area contributed by atoms with E-state index in [0.29, 0.717) is 33.2 Å². The van der Waals surface area contributed by atoms with Crippen molar-refractivity contribution < 1.29 is 24.0 Å². The van der Waals surface area contributed by atoms with Crippen molar-refractivity contribution in [1.82, 2.24) is 4.98 Å². The van der Waals surface area contributed by atoms with Crippen LogP contribution < -0.4 is 10.2 Å². The van der Waals surface area contributed by atoms with Crippen molar-refractivity contribution in [3.05, 3.63) is 51.8 Å². The third kappa shape index (κ3) is 4.79. The Bertz CT molecular complexity index is 890. The van der Waals surface area contributed by atoms with E-state index in [1.807, 2.05) is 0 Å². The summed E-state index contributed by atoms with van der Waals surface area (Å²) >= 11 is 5.84. The molecule has 3 N–H and O–H groups in total. The lowest BCUT2D eigenvalue weighted by Gasteiger charge is -2.20. The molecule has 2 rings (SSSR count). The van der Waals surface area contributed by atoms with Crippen LogP contribution in [0.5, 0.6) is 0 Å². The van der Waals surface area contributed by atoms with E-state index >= 15 is 0 Å². The maximum atomic E-state index is 12.9. The molecule has 1 unspecified atom stereocenters. The van der Waals surface area contributed by atoms with Crippen LogP contribution in [0.1, 0.15) is 39.0 Å². The first kappa shape index (κ1) is 21.7. The summed E-state index contributed by atoms with van der Waals surface area (Å²) in [5.41, 5.74) is 2.51. The maximum absolute atomic E-state index is 12.9. The molecule has 0 saturated carbocycles. The molecule has 2 aromatic rings. The number of hydrogen-bond donors (Lipinski definition) is 3. The molecule has 7 nitrogen and oxygen atoms in total. The van der Waals surface area contributed by atoms with Gasteiger partial charge >= 0.3 is 5.97 Å². The van der Waals surface area contributed by atoms with Crippen molar-refractivity contribution in [3.8, 4) is 0 Å². The highest BCUT2D eigenvalue weighted by Crippen LogP contribution is 2.20. The fourth-order valence-electron chi connectivity index (χ4n) is 2.99. The van der Waals surface area contributed by atoms with Crippen LogP contribution in [-0.4, -0.2) is 49.4 Å². The highest BCUT2D eigenvalue weighted by atomic mass is 35.5. The molecule has 0 aliphatic rings. The quantitative estimate of drug-likeness (QED) is 0.483. The highest BCUT2D eigenvalue weighted by molar-refractivity contribution is 6.30. The van der Waals surface area contributed by atoms with E-state index in [1.165, 1.54) is 7.11 Å². The molecule has 0 aliphatic carbocycles. The molecule has 1 amide bonds. The Morgan fingerprint density at radius 1 is 1.21 bits per heavy atom. The zero-order chi connectivity index (χ0) is 21.0. The Balaban J connectivity index is 2.07. The summed E-state index contributed by atoms with van der Waals surface area (Å²) in [4.78, 5) is 40.8. The molecule has 150 valence electrons. The zero-order valence-corrected chi connectivity index (χ0v) is 17.4. The number of H-pyrrole nitrogens is 1. The lowest BCUT2D eigenvalue weighted by atomic mass is 10.0. The minimum atomic E-state index is -0.488. The first-order chi connectivity index (χ1) is 13.1. The second-order valence-electron chi connectivity index (χ2n) is 6.78. The predicted molar refractivity (Wildman–Crippen MR) is 107 cm³/mol. The Hall–Kier alpha value is -2.64. The third-order valence-corrected chi connectivity index (χ3v) is 5.03. The van der Waals surface area contributed by atoms with Gasteiger partial charge in [-0.1, -0.05) is 11.6 Å². The Morgan fingerprint density at radius 3 is 2.39 bits per heavy atom. The van der Waals surface area contributed by atoms with Crippen LogP contribution in [0.25, 0.3) is 0 Å². The number of hydrogen-bond acceptors (Lipinski definition) is 4. The van der Waals surface area contributed by atoms with Gasteiger partial charge in [-0.25, -0.2) is 4.79 Å². The van der Waals surface area contributed by atoms with Crippen molar-refractivity contribution >= 4 is 34.9 Å². The topological polar surface area (TPSA) is 92.7 Å². The smallest absolute Gasteiger partial charge is 0.339 e. The molecular weight excluding hydrogens is 382 g/mol. The zero-order valence-electron chi connectivity index (χ0n) is 16.6. The van der Waals surface area contributed by atoms with Gasteiger partial charge in [0.2, 0.25) is 5.78 Å². The van der Waals surface area contributed by atoms with Gasteiger partial charge < -0.3 is 19.9 Å². The minimum absolute atomic E-state index is 0.109. The van der Waals surface area contributed by atoms with Gasteiger partial charge in [0.15, 0.2) is 12.6 Å². The van der Waals surface area contributed by atoms with Gasteiger partial charge in [-0.15, -0.1) is 0 Å². The van der Waals surface area contributed by atoms with E-state index in [1.54, 1.807) is 52.1 Å². The molecule has 2 atom stereocenters. The summed E-state index contributed by atoms with van der Waals surface area (Å²) in [5, 5.41) is 3.37. The van der Waals surface area contributed by atoms with Crippen molar-refractivity contribution in [2.24, 2.45) is 0 Å². The van der Waals surface area contributed by atoms with Crippen LogP contribution in [0, 0.1) is 13.8 Å². The number of amides is 1. The van der Waals surface area contributed by atoms with E-state index in [-0.39, 0.29) is 18.2 Å².